The van der Waals surface area contributed by atoms with Crippen LogP contribution in [0.2, 0.25) is 0 Å². The maximum absolute atomic E-state index is 10.9. The Morgan fingerprint density at radius 3 is 2.68 bits per heavy atom. The van der Waals surface area contributed by atoms with Gasteiger partial charge in [-0.05, 0) is 17.5 Å². The van der Waals surface area contributed by atoms with Crippen molar-refractivity contribution in [2.45, 2.75) is 19.9 Å². The van der Waals surface area contributed by atoms with E-state index in [2.05, 4.69) is 10.1 Å². The van der Waals surface area contributed by atoms with E-state index in [1.165, 1.54) is 12.4 Å². The molecule has 0 saturated carbocycles. The van der Waals surface area contributed by atoms with Crippen LogP contribution in [-0.4, -0.2) is 19.7 Å². The van der Waals surface area contributed by atoms with Crippen molar-refractivity contribution >= 4 is 11.4 Å². The quantitative estimate of drug-likeness (QED) is 0.515. The lowest BCUT2D eigenvalue weighted by Crippen LogP contribution is -2.17. The minimum atomic E-state index is -0.475. The van der Waals surface area contributed by atoms with Crippen molar-refractivity contribution in [3.05, 3.63) is 46.5 Å². The molecule has 7 heteroatoms. The average molecular weight is 261 g/mol. The van der Waals surface area contributed by atoms with Crippen LogP contribution in [0.25, 0.3) is 0 Å². The van der Waals surface area contributed by atoms with Gasteiger partial charge in [-0.3, -0.25) is 10.1 Å². The van der Waals surface area contributed by atoms with Gasteiger partial charge in [-0.25, -0.2) is 9.67 Å². The van der Waals surface area contributed by atoms with E-state index < -0.39 is 4.92 Å². The smallest absolute Gasteiger partial charge is 0.292 e. The Bertz CT molecular complexity index is 580. The molecule has 0 amide bonds. The third-order valence-corrected chi connectivity index (χ3v) is 2.95. The zero-order chi connectivity index (χ0) is 14.0. The van der Waals surface area contributed by atoms with Crippen LogP contribution in [-0.2, 0) is 0 Å². The molecule has 1 aromatic carbocycles. The van der Waals surface area contributed by atoms with Gasteiger partial charge < -0.3 is 5.73 Å². The van der Waals surface area contributed by atoms with Crippen molar-refractivity contribution in [1.82, 2.24) is 14.8 Å². The number of nitrogen functional groups attached to an aromatic ring is 1. The standard InChI is InChI=1S/C12H15N5O2/c1-8(2)12(16-7-14-6-15-16)9-3-4-10(13)11(5-9)17(18)19/h3-8,12H,13H2,1-2H3. The first-order chi connectivity index (χ1) is 9.00. The molecule has 0 radical (unpaired) electrons. The molecule has 2 N–H and O–H groups in total. The summed E-state index contributed by atoms with van der Waals surface area (Å²) < 4.78 is 1.69. The molecule has 1 aromatic heterocycles. The Balaban J connectivity index is 2.49. The summed E-state index contributed by atoms with van der Waals surface area (Å²) in [6.45, 7) is 4.04. The van der Waals surface area contributed by atoms with Gasteiger partial charge in [0.15, 0.2) is 0 Å². The molecule has 1 heterocycles. The van der Waals surface area contributed by atoms with Gasteiger partial charge in [0.1, 0.15) is 18.3 Å². The maximum atomic E-state index is 10.9. The number of rotatable bonds is 4. The second-order valence-electron chi connectivity index (χ2n) is 4.64. The van der Waals surface area contributed by atoms with Crippen molar-refractivity contribution in [2.75, 3.05) is 5.73 Å². The predicted molar refractivity (Wildman–Crippen MR) is 70.5 cm³/mol. The number of nitrogens with two attached hydrogens (primary N) is 1. The topological polar surface area (TPSA) is 99.9 Å². The fourth-order valence-corrected chi connectivity index (χ4v) is 2.11. The van der Waals surface area contributed by atoms with Gasteiger partial charge in [0.05, 0.1) is 11.0 Å². The molecule has 19 heavy (non-hydrogen) atoms. The van der Waals surface area contributed by atoms with Crippen molar-refractivity contribution in [3.63, 3.8) is 0 Å². The molecule has 2 aromatic rings. The van der Waals surface area contributed by atoms with E-state index in [0.717, 1.165) is 5.56 Å². The van der Waals surface area contributed by atoms with E-state index in [0.29, 0.717) is 0 Å². The highest BCUT2D eigenvalue weighted by Gasteiger charge is 2.22. The molecule has 100 valence electrons. The van der Waals surface area contributed by atoms with Gasteiger partial charge in [0.25, 0.3) is 5.69 Å². The van der Waals surface area contributed by atoms with Crippen LogP contribution in [0.4, 0.5) is 11.4 Å². The highest BCUT2D eigenvalue weighted by Crippen LogP contribution is 2.31. The number of nitro groups is 1. The number of hydrogen-bond acceptors (Lipinski definition) is 5. The molecule has 2 rings (SSSR count). The van der Waals surface area contributed by atoms with Crippen molar-refractivity contribution in [1.29, 1.82) is 0 Å². The summed E-state index contributed by atoms with van der Waals surface area (Å²) in [4.78, 5) is 14.4. The van der Waals surface area contributed by atoms with E-state index in [4.69, 9.17) is 5.73 Å². The lowest BCUT2D eigenvalue weighted by Gasteiger charge is -2.21. The van der Waals surface area contributed by atoms with Gasteiger partial charge in [0, 0.05) is 6.07 Å². The Kier molecular flexibility index (Phi) is 3.46. The predicted octanol–water partition coefficient (Wildman–Crippen LogP) is 2.01. The molecule has 0 aliphatic heterocycles. The van der Waals surface area contributed by atoms with Crippen molar-refractivity contribution < 1.29 is 4.92 Å². The molecule has 7 nitrogen and oxygen atoms in total. The van der Waals surface area contributed by atoms with Crippen LogP contribution in [0.15, 0.2) is 30.9 Å². The first-order valence-electron chi connectivity index (χ1n) is 5.88. The molecule has 0 aliphatic carbocycles. The third-order valence-electron chi connectivity index (χ3n) is 2.95. The monoisotopic (exact) mass is 261 g/mol. The number of benzene rings is 1. The Morgan fingerprint density at radius 1 is 1.42 bits per heavy atom. The number of hydrogen-bond donors (Lipinski definition) is 1. The Morgan fingerprint density at radius 2 is 2.16 bits per heavy atom. The van der Waals surface area contributed by atoms with Gasteiger partial charge in [0.2, 0.25) is 0 Å². The summed E-state index contributed by atoms with van der Waals surface area (Å²) in [7, 11) is 0. The zero-order valence-corrected chi connectivity index (χ0v) is 10.7. The first-order valence-corrected chi connectivity index (χ1v) is 5.88. The van der Waals surface area contributed by atoms with Crippen molar-refractivity contribution in [3.8, 4) is 0 Å². The fourth-order valence-electron chi connectivity index (χ4n) is 2.11. The molecule has 0 saturated heterocycles. The molecule has 0 aliphatic rings. The fraction of sp³-hybridized carbons (Fsp3) is 0.333. The van der Waals surface area contributed by atoms with Crippen LogP contribution in [0.1, 0.15) is 25.5 Å². The normalized spacial score (nSPS) is 12.6. The van der Waals surface area contributed by atoms with Crippen LogP contribution in [0.3, 0.4) is 0 Å². The van der Waals surface area contributed by atoms with Crippen LogP contribution >= 0.6 is 0 Å². The van der Waals surface area contributed by atoms with Crippen LogP contribution < -0.4 is 5.73 Å². The molecule has 1 unspecified atom stereocenters. The molecule has 0 bridgehead atoms. The first kappa shape index (κ1) is 13.0. The Hall–Kier alpha value is -2.44. The lowest BCUT2D eigenvalue weighted by atomic mass is 9.95. The minimum Gasteiger partial charge on any atom is -0.393 e. The van der Waals surface area contributed by atoms with Gasteiger partial charge in [-0.15, -0.1) is 0 Å². The SMILES string of the molecule is CC(C)C(c1ccc(N)c([N+](=O)[O-])c1)n1cncn1. The molecular weight excluding hydrogens is 246 g/mol. The van der Waals surface area contributed by atoms with Crippen molar-refractivity contribution in [2.24, 2.45) is 5.92 Å². The van der Waals surface area contributed by atoms with Gasteiger partial charge >= 0.3 is 0 Å². The molecular formula is C12H15N5O2. The summed E-state index contributed by atoms with van der Waals surface area (Å²) in [5.41, 5.74) is 6.48. The summed E-state index contributed by atoms with van der Waals surface area (Å²) in [6.07, 6.45) is 3.05. The summed E-state index contributed by atoms with van der Waals surface area (Å²) >= 11 is 0. The van der Waals surface area contributed by atoms with E-state index >= 15 is 0 Å². The average Bonchev–Trinajstić information content (AvgIpc) is 2.84. The van der Waals surface area contributed by atoms with E-state index in [1.54, 1.807) is 23.1 Å². The van der Waals surface area contributed by atoms with Gasteiger partial charge in [-0.2, -0.15) is 5.10 Å². The highest BCUT2D eigenvalue weighted by atomic mass is 16.6. The molecule has 0 spiro atoms. The maximum Gasteiger partial charge on any atom is 0.292 e. The summed E-state index contributed by atoms with van der Waals surface area (Å²) in [6, 6.07) is 4.73. The van der Waals surface area contributed by atoms with E-state index in [9.17, 15) is 10.1 Å². The zero-order valence-electron chi connectivity index (χ0n) is 10.7. The van der Waals surface area contributed by atoms with Crippen LogP contribution in [0, 0.1) is 16.0 Å². The number of nitro benzene ring substituents is 1. The number of aromatic nitrogens is 3. The Labute approximate surface area is 110 Å². The minimum absolute atomic E-state index is 0.0803. The van der Waals surface area contributed by atoms with Gasteiger partial charge in [-0.1, -0.05) is 19.9 Å². The van der Waals surface area contributed by atoms with E-state index in [1.807, 2.05) is 13.8 Å². The van der Waals surface area contributed by atoms with Crippen LogP contribution in [0.5, 0.6) is 0 Å². The second kappa shape index (κ2) is 5.05. The second-order valence-corrected chi connectivity index (χ2v) is 4.64. The molecule has 1 atom stereocenters. The van der Waals surface area contributed by atoms with E-state index in [-0.39, 0.29) is 23.3 Å². The number of nitrogens with zero attached hydrogens (tertiary/aromatic N) is 4. The lowest BCUT2D eigenvalue weighted by molar-refractivity contribution is -0.384. The summed E-state index contributed by atoms with van der Waals surface area (Å²) in [5, 5.41) is 15.1. The highest BCUT2D eigenvalue weighted by molar-refractivity contribution is 5.59. The summed E-state index contributed by atoms with van der Waals surface area (Å²) in [5.74, 6) is 0.213. The third kappa shape index (κ3) is 2.54. The largest absolute Gasteiger partial charge is 0.393 e. The molecule has 0 fully saturated rings. The number of anilines is 1.